The lowest BCUT2D eigenvalue weighted by Gasteiger charge is -2.07. The zero-order valence-electron chi connectivity index (χ0n) is 12.2. The van der Waals surface area contributed by atoms with Crippen LogP contribution in [0.1, 0.15) is 16.3 Å². The van der Waals surface area contributed by atoms with E-state index in [0.29, 0.717) is 5.95 Å². The van der Waals surface area contributed by atoms with Crippen LogP contribution in [0.25, 0.3) is 10.6 Å². The summed E-state index contributed by atoms with van der Waals surface area (Å²) in [4.78, 5) is 16.3. The predicted octanol–water partition coefficient (Wildman–Crippen LogP) is 4.31. The van der Waals surface area contributed by atoms with Gasteiger partial charge in [0.15, 0.2) is 0 Å². The summed E-state index contributed by atoms with van der Waals surface area (Å²) in [6.45, 7) is 3.82. The lowest BCUT2D eigenvalue weighted by Crippen LogP contribution is -2.06. The van der Waals surface area contributed by atoms with Crippen LogP contribution in [0.15, 0.2) is 24.5 Å². The molecule has 0 bridgehead atoms. The van der Waals surface area contributed by atoms with Crippen molar-refractivity contribution in [2.24, 2.45) is 0 Å². The number of thiazole rings is 1. The third-order valence-corrected chi connectivity index (χ3v) is 4.15. The summed E-state index contributed by atoms with van der Waals surface area (Å²) in [5.74, 6) is 0.675. The van der Waals surface area contributed by atoms with Gasteiger partial charge in [0.2, 0.25) is 5.95 Å². The number of pyridine rings is 1. The first kappa shape index (κ1) is 15.5. The molecule has 0 aliphatic carbocycles. The van der Waals surface area contributed by atoms with Crippen molar-refractivity contribution >= 4 is 23.1 Å². The van der Waals surface area contributed by atoms with Gasteiger partial charge in [-0.3, -0.25) is 0 Å². The Hall–Kier alpha value is -2.42. The van der Waals surface area contributed by atoms with E-state index >= 15 is 0 Å². The molecule has 23 heavy (non-hydrogen) atoms. The van der Waals surface area contributed by atoms with E-state index in [1.807, 2.05) is 13.8 Å². The molecule has 0 amide bonds. The van der Waals surface area contributed by atoms with Gasteiger partial charge in [-0.05, 0) is 26.0 Å². The Morgan fingerprint density at radius 3 is 2.52 bits per heavy atom. The van der Waals surface area contributed by atoms with Crippen molar-refractivity contribution in [1.29, 1.82) is 0 Å². The average molecular weight is 339 g/mol. The fraction of sp³-hybridized carbons (Fsp3) is 0.214. The number of aromatic nitrogens is 4. The molecular weight excluding hydrogens is 327 g/mol. The van der Waals surface area contributed by atoms with Gasteiger partial charge in [0, 0.05) is 12.4 Å². The second kappa shape index (κ2) is 5.65. The van der Waals surface area contributed by atoms with Crippen LogP contribution in [-0.2, 0) is 6.18 Å². The van der Waals surface area contributed by atoms with E-state index in [1.165, 1.54) is 17.4 Å². The van der Waals surface area contributed by atoms with Gasteiger partial charge in [-0.25, -0.2) is 15.0 Å². The maximum absolute atomic E-state index is 12.5. The van der Waals surface area contributed by atoms with Crippen molar-refractivity contribution in [3.63, 3.8) is 0 Å². The molecule has 3 aromatic rings. The molecule has 9 heteroatoms. The highest BCUT2D eigenvalue weighted by Gasteiger charge is 2.30. The highest BCUT2D eigenvalue weighted by Crippen LogP contribution is 2.30. The van der Waals surface area contributed by atoms with Crippen LogP contribution in [0.3, 0.4) is 0 Å². The summed E-state index contributed by atoms with van der Waals surface area (Å²) < 4.78 is 37.5. The minimum Gasteiger partial charge on any atom is -0.330 e. The van der Waals surface area contributed by atoms with Crippen molar-refractivity contribution in [2.45, 2.75) is 20.0 Å². The van der Waals surface area contributed by atoms with Gasteiger partial charge >= 0.3 is 6.18 Å². The van der Waals surface area contributed by atoms with Gasteiger partial charge in [-0.2, -0.15) is 13.2 Å². The second-order valence-electron chi connectivity index (χ2n) is 4.84. The standard InChI is InChI=1S/C14H12F3N5S/c1-7-12(23-8(2)20-7)10-6-19-13(21-10)22-11-4-3-9(5-18-11)14(15,16)17/h3-6H,1-2H3,(H2,18,19,21,22). The zero-order chi connectivity index (χ0) is 16.6. The van der Waals surface area contributed by atoms with E-state index in [-0.39, 0.29) is 5.82 Å². The molecule has 0 radical (unpaired) electrons. The number of hydrogen-bond donors (Lipinski definition) is 2. The monoisotopic (exact) mass is 339 g/mol. The van der Waals surface area contributed by atoms with Gasteiger partial charge < -0.3 is 10.3 Å². The van der Waals surface area contributed by atoms with E-state index in [9.17, 15) is 13.2 Å². The predicted molar refractivity (Wildman–Crippen MR) is 81.7 cm³/mol. The first-order chi connectivity index (χ1) is 10.8. The maximum atomic E-state index is 12.5. The molecule has 3 aromatic heterocycles. The normalized spacial score (nSPS) is 11.7. The van der Waals surface area contributed by atoms with E-state index in [4.69, 9.17) is 0 Å². The number of nitrogens with one attached hydrogen (secondary N) is 2. The fourth-order valence-corrected chi connectivity index (χ4v) is 2.91. The van der Waals surface area contributed by atoms with Crippen molar-refractivity contribution in [3.05, 3.63) is 40.8 Å². The van der Waals surface area contributed by atoms with Gasteiger partial charge in [0.1, 0.15) is 11.5 Å². The molecule has 5 nitrogen and oxygen atoms in total. The number of alkyl halides is 3. The first-order valence-corrected chi connectivity index (χ1v) is 7.44. The number of rotatable bonds is 3. The van der Waals surface area contributed by atoms with E-state index in [1.54, 1.807) is 6.20 Å². The Morgan fingerprint density at radius 2 is 1.96 bits per heavy atom. The highest BCUT2D eigenvalue weighted by molar-refractivity contribution is 7.15. The topological polar surface area (TPSA) is 66.5 Å². The van der Waals surface area contributed by atoms with Crippen molar-refractivity contribution in [1.82, 2.24) is 19.9 Å². The molecule has 3 heterocycles. The summed E-state index contributed by atoms with van der Waals surface area (Å²) in [5, 5.41) is 3.78. The molecule has 0 aromatic carbocycles. The number of H-pyrrole nitrogens is 1. The average Bonchev–Trinajstić information content (AvgIpc) is 3.05. The Kier molecular flexibility index (Phi) is 3.80. The minimum absolute atomic E-state index is 0.274. The molecule has 0 atom stereocenters. The Labute approximate surface area is 133 Å². The van der Waals surface area contributed by atoms with Gasteiger partial charge in [-0.1, -0.05) is 0 Å². The van der Waals surface area contributed by atoms with E-state index in [2.05, 4.69) is 25.3 Å². The maximum Gasteiger partial charge on any atom is 0.417 e. The van der Waals surface area contributed by atoms with Gasteiger partial charge in [0.05, 0.1) is 21.1 Å². The number of anilines is 2. The van der Waals surface area contributed by atoms with Crippen LogP contribution >= 0.6 is 11.3 Å². The third-order valence-electron chi connectivity index (χ3n) is 3.05. The van der Waals surface area contributed by atoms with Crippen LogP contribution in [0.4, 0.5) is 24.9 Å². The Bertz CT molecular complexity index is 820. The molecule has 0 unspecified atom stereocenters. The van der Waals surface area contributed by atoms with E-state index in [0.717, 1.165) is 33.5 Å². The van der Waals surface area contributed by atoms with Crippen molar-refractivity contribution in [2.75, 3.05) is 5.32 Å². The van der Waals surface area contributed by atoms with E-state index < -0.39 is 11.7 Å². The fourth-order valence-electron chi connectivity index (χ4n) is 2.03. The molecule has 3 rings (SSSR count). The lowest BCUT2D eigenvalue weighted by molar-refractivity contribution is -0.137. The van der Waals surface area contributed by atoms with Gasteiger partial charge in [0.25, 0.3) is 0 Å². The SMILES string of the molecule is Cc1nc(C)c(-c2c[nH]c(Nc3ccc(C(F)(F)F)cn3)n2)s1. The molecule has 0 spiro atoms. The molecule has 0 saturated carbocycles. The Balaban J connectivity index is 1.78. The number of aromatic amines is 1. The molecule has 0 fully saturated rings. The largest absolute Gasteiger partial charge is 0.417 e. The molecular formula is C14H12F3N5S. The zero-order valence-corrected chi connectivity index (χ0v) is 13.0. The van der Waals surface area contributed by atoms with Crippen LogP contribution in [0.5, 0.6) is 0 Å². The van der Waals surface area contributed by atoms with Crippen LogP contribution in [0.2, 0.25) is 0 Å². The summed E-state index contributed by atoms with van der Waals surface area (Å²) in [6, 6.07) is 2.23. The van der Waals surface area contributed by atoms with Crippen molar-refractivity contribution < 1.29 is 13.2 Å². The van der Waals surface area contributed by atoms with Gasteiger partial charge in [-0.15, -0.1) is 11.3 Å². The van der Waals surface area contributed by atoms with Crippen LogP contribution in [0, 0.1) is 13.8 Å². The number of aryl methyl sites for hydroxylation is 2. The second-order valence-corrected chi connectivity index (χ2v) is 6.04. The Morgan fingerprint density at radius 1 is 1.17 bits per heavy atom. The minimum atomic E-state index is -4.40. The smallest absolute Gasteiger partial charge is 0.330 e. The lowest BCUT2D eigenvalue weighted by atomic mass is 10.3. The molecule has 0 aliphatic heterocycles. The first-order valence-electron chi connectivity index (χ1n) is 6.63. The van der Waals surface area contributed by atoms with Crippen LogP contribution < -0.4 is 5.32 Å². The van der Waals surface area contributed by atoms with Crippen LogP contribution in [-0.4, -0.2) is 19.9 Å². The summed E-state index contributed by atoms with van der Waals surface area (Å²) >= 11 is 1.53. The molecule has 0 aliphatic rings. The quantitative estimate of drug-likeness (QED) is 0.746. The number of imidazole rings is 1. The summed E-state index contributed by atoms with van der Waals surface area (Å²) in [5.41, 5.74) is 0.819. The molecule has 0 saturated heterocycles. The highest BCUT2D eigenvalue weighted by atomic mass is 32.1. The number of hydrogen-bond acceptors (Lipinski definition) is 5. The summed E-state index contributed by atoms with van der Waals surface area (Å²) in [7, 11) is 0. The molecule has 2 N–H and O–H groups in total. The molecule has 120 valence electrons. The van der Waals surface area contributed by atoms with Crippen molar-refractivity contribution in [3.8, 4) is 10.6 Å². The third kappa shape index (κ3) is 3.34. The number of halogens is 3. The summed E-state index contributed by atoms with van der Waals surface area (Å²) in [6.07, 6.45) is -1.90. The number of nitrogens with zero attached hydrogens (tertiary/aromatic N) is 3.